The number of para-hydroxylation sites is 1. The summed E-state index contributed by atoms with van der Waals surface area (Å²) in [7, 11) is 1.48. The molecule has 1 N–H and O–H groups in total. The Kier molecular flexibility index (Phi) is 5.97. The molecule has 1 amide bonds. The van der Waals surface area contributed by atoms with Gasteiger partial charge in [-0.2, -0.15) is 23.0 Å². The fourth-order valence-electron chi connectivity index (χ4n) is 2.44. The zero-order chi connectivity index (χ0) is 21.0. The van der Waals surface area contributed by atoms with E-state index in [2.05, 4.69) is 10.4 Å². The van der Waals surface area contributed by atoms with Crippen LogP contribution in [0.25, 0.3) is 5.69 Å². The van der Waals surface area contributed by atoms with Gasteiger partial charge in [0.05, 0.1) is 17.8 Å². The molecular weight excluding hydrogens is 411 g/mol. The second kappa shape index (κ2) is 8.44. The van der Waals surface area contributed by atoms with Crippen molar-refractivity contribution in [2.75, 3.05) is 19.0 Å². The van der Waals surface area contributed by atoms with Crippen LogP contribution in [0.2, 0.25) is 5.02 Å². The van der Waals surface area contributed by atoms with Crippen LogP contribution in [-0.4, -0.2) is 29.4 Å². The predicted molar refractivity (Wildman–Crippen MR) is 101 cm³/mol. The quantitative estimate of drug-likeness (QED) is 0.628. The Morgan fingerprint density at radius 3 is 2.62 bits per heavy atom. The summed E-state index contributed by atoms with van der Waals surface area (Å²) in [6.07, 6.45) is -4.69. The molecule has 2 aromatic carbocycles. The van der Waals surface area contributed by atoms with Gasteiger partial charge in [0, 0.05) is 17.8 Å². The van der Waals surface area contributed by atoms with Gasteiger partial charge in [-0.1, -0.05) is 29.8 Å². The first-order chi connectivity index (χ1) is 13.8. The van der Waals surface area contributed by atoms with Crippen molar-refractivity contribution in [3.63, 3.8) is 0 Å². The van der Waals surface area contributed by atoms with Crippen LogP contribution in [0.5, 0.6) is 11.6 Å². The van der Waals surface area contributed by atoms with Crippen LogP contribution in [0, 0.1) is 0 Å². The maximum Gasteiger partial charge on any atom is 0.435 e. The summed E-state index contributed by atoms with van der Waals surface area (Å²) in [4.78, 5) is 12.1. The molecule has 0 radical (unpaired) electrons. The van der Waals surface area contributed by atoms with Crippen molar-refractivity contribution in [1.82, 2.24) is 9.78 Å². The fourth-order valence-corrected chi connectivity index (χ4v) is 2.65. The van der Waals surface area contributed by atoms with Gasteiger partial charge in [0.25, 0.3) is 5.91 Å². The van der Waals surface area contributed by atoms with Gasteiger partial charge in [0.2, 0.25) is 5.88 Å². The Hall–Kier alpha value is -3.20. The summed E-state index contributed by atoms with van der Waals surface area (Å²) in [5, 5.41) is 6.28. The molecule has 0 bridgehead atoms. The molecule has 0 saturated carbocycles. The number of nitrogens with zero attached hydrogens (tertiary/aromatic N) is 2. The van der Waals surface area contributed by atoms with Crippen molar-refractivity contribution >= 4 is 23.2 Å². The molecule has 29 heavy (non-hydrogen) atoms. The van der Waals surface area contributed by atoms with E-state index in [9.17, 15) is 18.0 Å². The second-order valence-corrected chi connectivity index (χ2v) is 6.20. The van der Waals surface area contributed by atoms with E-state index in [0.29, 0.717) is 17.5 Å². The van der Waals surface area contributed by atoms with Crippen LogP contribution in [0.15, 0.2) is 54.6 Å². The first kappa shape index (κ1) is 20.5. The molecule has 0 aliphatic carbocycles. The topological polar surface area (TPSA) is 65.4 Å². The Bertz CT molecular complexity index is 1020. The van der Waals surface area contributed by atoms with Gasteiger partial charge in [0.1, 0.15) is 5.75 Å². The fraction of sp³-hybridized carbons (Fsp3) is 0.158. The van der Waals surface area contributed by atoms with Crippen LogP contribution < -0.4 is 14.8 Å². The van der Waals surface area contributed by atoms with E-state index in [-0.39, 0.29) is 16.6 Å². The Morgan fingerprint density at radius 1 is 1.17 bits per heavy atom. The smallest absolute Gasteiger partial charge is 0.435 e. The van der Waals surface area contributed by atoms with Crippen molar-refractivity contribution in [2.24, 2.45) is 0 Å². The van der Waals surface area contributed by atoms with E-state index in [1.807, 2.05) is 0 Å². The standard InChI is InChI=1S/C19H15ClF3N3O3/c1-28-13-6-4-5-12(9-13)24-17(27)11-29-18-10-16(19(21,22)23)25-26(18)15-8-3-2-7-14(15)20/h2-10H,11H2,1H3,(H,24,27). The summed E-state index contributed by atoms with van der Waals surface area (Å²) in [6, 6.07) is 13.5. The lowest BCUT2D eigenvalue weighted by atomic mass is 10.3. The van der Waals surface area contributed by atoms with Gasteiger partial charge in [-0.3, -0.25) is 4.79 Å². The minimum Gasteiger partial charge on any atom is -0.497 e. The molecule has 3 rings (SSSR count). The molecule has 0 spiro atoms. The molecule has 10 heteroatoms. The summed E-state index contributed by atoms with van der Waals surface area (Å²) in [5.41, 5.74) is -0.526. The van der Waals surface area contributed by atoms with Crippen LogP contribution in [0.4, 0.5) is 18.9 Å². The number of aromatic nitrogens is 2. The number of hydrogen-bond acceptors (Lipinski definition) is 4. The highest BCUT2D eigenvalue weighted by Crippen LogP contribution is 2.33. The van der Waals surface area contributed by atoms with E-state index < -0.39 is 24.4 Å². The lowest BCUT2D eigenvalue weighted by Crippen LogP contribution is -2.21. The van der Waals surface area contributed by atoms with Crippen molar-refractivity contribution in [3.8, 4) is 17.3 Å². The maximum atomic E-state index is 13.1. The molecule has 0 atom stereocenters. The van der Waals surface area contributed by atoms with E-state index in [4.69, 9.17) is 21.1 Å². The van der Waals surface area contributed by atoms with Gasteiger partial charge in [-0.05, 0) is 24.3 Å². The van der Waals surface area contributed by atoms with E-state index in [1.165, 1.54) is 19.2 Å². The molecule has 6 nitrogen and oxygen atoms in total. The number of amides is 1. The number of alkyl halides is 3. The lowest BCUT2D eigenvalue weighted by molar-refractivity contribution is -0.141. The largest absolute Gasteiger partial charge is 0.497 e. The molecule has 0 aliphatic heterocycles. The summed E-state index contributed by atoms with van der Waals surface area (Å²) < 4.78 is 50.6. The highest BCUT2D eigenvalue weighted by molar-refractivity contribution is 6.32. The monoisotopic (exact) mass is 425 g/mol. The Morgan fingerprint density at radius 2 is 1.93 bits per heavy atom. The van der Waals surface area contributed by atoms with Crippen molar-refractivity contribution < 1.29 is 27.4 Å². The van der Waals surface area contributed by atoms with Crippen LogP contribution >= 0.6 is 11.6 Å². The first-order valence-corrected chi connectivity index (χ1v) is 8.64. The van der Waals surface area contributed by atoms with E-state index in [0.717, 1.165) is 4.68 Å². The molecule has 3 aromatic rings. The molecular formula is C19H15ClF3N3O3. The van der Waals surface area contributed by atoms with Crippen molar-refractivity contribution in [3.05, 3.63) is 65.3 Å². The van der Waals surface area contributed by atoms with Crippen LogP contribution in [-0.2, 0) is 11.0 Å². The van der Waals surface area contributed by atoms with Crippen LogP contribution in [0.3, 0.4) is 0 Å². The number of benzene rings is 2. The lowest BCUT2D eigenvalue weighted by Gasteiger charge is -2.11. The van der Waals surface area contributed by atoms with E-state index >= 15 is 0 Å². The van der Waals surface area contributed by atoms with Gasteiger partial charge in [-0.15, -0.1) is 0 Å². The normalized spacial score (nSPS) is 11.2. The van der Waals surface area contributed by atoms with Crippen molar-refractivity contribution in [2.45, 2.75) is 6.18 Å². The number of anilines is 1. The minimum absolute atomic E-state index is 0.176. The summed E-state index contributed by atoms with van der Waals surface area (Å²) in [6.45, 7) is -0.537. The van der Waals surface area contributed by atoms with Gasteiger partial charge in [0.15, 0.2) is 12.3 Å². The van der Waals surface area contributed by atoms with Crippen LogP contribution in [0.1, 0.15) is 5.69 Å². The van der Waals surface area contributed by atoms with Gasteiger partial charge in [-0.25, -0.2) is 0 Å². The number of carbonyl (C=O) groups is 1. The molecule has 0 aliphatic rings. The molecule has 152 valence electrons. The highest BCUT2D eigenvalue weighted by Gasteiger charge is 2.36. The summed E-state index contributed by atoms with van der Waals surface area (Å²) in [5.74, 6) is -0.305. The Balaban J connectivity index is 1.80. The highest BCUT2D eigenvalue weighted by atomic mass is 35.5. The number of halogens is 4. The zero-order valence-corrected chi connectivity index (χ0v) is 15.8. The third-order valence-electron chi connectivity index (χ3n) is 3.75. The number of rotatable bonds is 6. The maximum absolute atomic E-state index is 13.1. The number of hydrogen-bond donors (Lipinski definition) is 1. The molecule has 0 fully saturated rings. The third-order valence-corrected chi connectivity index (χ3v) is 4.07. The molecule has 1 heterocycles. The first-order valence-electron chi connectivity index (χ1n) is 8.27. The molecule has 0 saturated heterocycles. The number of carbonyl (C=O) groups excluding carboxylic acids is 1. The number of methoxy groups -OCH3 is 1. The predicted octanol–water partition coefficient (Wildman–Crippen LogP) is 4.57. The van der Waals surface area contributed by atoms with Gasteiger partial charge >= 0.3 is 6.18 Å². The number of nitrogens with one attached hydrogen (secondary N) is 1. The third kappa shape index (κ3) is 5.00. The van der Waals surface area contributed by atoms with Gasteiger partial charge < -0.3 is 14.8 Å². The average molecular weight is 426 g/mol. The average Bonchev–Trinajstić information content (AvgIpc) is 3.11. The van der Waals surface area contributed by atoms with Crippen molar-refractivity contribution in [1.29, 1.82) is 0 Å². The van der Waals surface area contributed by atoms with E-state index in [1.54, 1.807) is 36.4 Å². The molecule has 0 unspecified atom stereocenters. The Labute approximate surface area is 168 Å². The SMILES string of the molecule is COc1cccc(NC(=O)COc2cc(C(F)(F)F)nn2-c2ccccc2Cl)c1. The second-order valence-electron chi connectivity index (χ2n) is 5.80. The number of ether oxygens (including phenoxy) is 2. The summed E-state index contributed by atoms with van der Waals surface area (Å²) >= 11 is 6.06. The minimum atomic E-state index is -4.69. The zero-order valence-electron chi connectivity index (χ0n) is 15.0. The molecule has 1 aromatic heterocycles.